The molecule has 0 saturated carbocycles. The molecule has 0 saturated heterocycles. The van der Waals surface area contributed by atoms with Crippen LogP contribution in [-0.4, -0.2) is 12.1 Å². The third-order valence-corrected chi connectivity index (χ3v) is 1.60. The molecule has 0 aromatic heterocycles. The van der Waals surface area contributed by atoms with Crippen molar-refractivity contribution in [2.45, 2.75) is 51.7 Å². The van der Waals surface area contributed by atoms with Gasteiger partial charge in [0.05, 0.1) is 6.10 Å². The van der Waals surface area contributed by atoms with Gasteiger partial charge in [0.2, 0.25) is 0 Å². The van der Waals surface area contributed by atoms with Crippen molar-refractivity contribution in [1.29, 1.82) is 0 Å². The molecule has 10 heavy (non-hydrogen) atoms. The Bertz CT molecular complexity index is 73.7. The van der Waals surface area contributed by atoms with Crippen molar-refractivity contribution in [3.8, 4) is 0 Å². The minimum Gasteiger partial charge on any atom is -0.328 e. The quantitative estimate of drug-likeness (QED) is 0.627. The largest absolute Gasteiger partial charge is 0.328 e. The van der Waals surface area contributed by atoms with Crippen LogP contribution in [0.25, 0.3) is 0 Å². The SMILES string of the molecule is CCCC(N)CCC(C)[O]. The van der Waals surface area contributed by atoms with E-state index in [0.29, 0.717) is 0 Å². The van der Waals surface area contributed by atoms with Gasteiger partial charge in [-0.1, -0.05) is 13.3 Å². The summed E-state index contributed by atoms with van der Waals surface area (Å²) in [6, 6.07) is 0.251. The fourth-order valence-electron chi connectivity index (χ4n) is 0.964. The van der Waals surface area contributed by atoms with Gasteiger partial charge in [0, 0.05) is 6.04 Å². The second-order valence-electron chi connectivity index (χ2n) is 2.94. The molecule has 2 unspecified atom stereocenters. The molecule has 2 atom stereocenters. The molecule has 2 heteroatoms. The van der Waals surface area contributed by atoms with Gasteiger partial charge in [-0.2, -0.15) is 0 Å². The first-order valence-electron chi connectivity index (χ1n) is 4.08. The molecule has 0 aromatic carbocycles. The third kappa shape index (κ3) is 6.05. The lowest BCUT2D eigenvalue weighted by Gasteiger charge is -2.09. The Morgan fingerprint density at radius 1 is 1.30 bits per heavy atom. The van der Waals surface area contributed by atoms with E-state index in [0.717, 1.165) is 25.7 Å². The summed E-state index contributed by atoms with van der Waals surface area (Å²) in [4.78, 5) is 0. The van der Waals surface area contributed by atoms with Crippen LogP contribution in [0, 0.1) is 0 Å². The molecule has 0 aliphatic heterocycles. The Morgan fingerprint density at radius 2 is 1.90 bits per heavy atom. The lowest BCUT2D eigenvalue weighted by molar-refractivity contribution is 0.0936. The number of hydrogen-bond acceptors (Lipinski definition) is 1. The van der Waals surface area contributed by atoms with E-state index in [4.69, 9.17) is 5.73 Å². The molecule has 0 fully saturated rings. The van der Waals surface area contributed by atoms with Crippen molar-refractivity contribution in [2.24, 2.45) is 5.73 Å². The van der Waals surface area contributed by atoms with Crippen LogP contribution in [0.4, 0.5) is 0 Å². The molecule has 0 heterocycles. The Morgan fingerprint density at radius 3 is 2.30 bits per heavy atom. The Labute approximate surface area is 63.4 Å². The van der Waals surface area contributed by atoms with Crippen molar-refractivity contribution in [2.75, 3.05) is 0 Å². The zero-order valence-electron chi connectivity index (χ0n) is 6.97. The molecular formula is C8H18NO. The monoisotopic (exact) mass is 144 g/mol. The molecule has 0 rings (SSSR count). The summed E-state index contributed by atoms with van der Waals surface area (Å²) >= 11 is 0. The molecule has 2 nitrogen and oxygen atoms in total. The minimum atomic E-state index is -0.442. The second-order valence-corrected chi connectivity index (χ2v) is 2.94. The molecule has 0 spiro atoms. The Hall–Kier alpha value is -0.0800. The number of nitrogens with two attached hydrogens (primary N) is 1. The van der Waals surface area contributed by atoms with E-state index >= 15 is 0 Å². The predicted molar refractivity (Wildman–Crippen MR) is 42.3 cm³/mol. The fraction of sp³-hybridized carbons (Fsp3) is 1.00. The van der Waals surface area contributed by atoms with Gasteiger partial charge >= 0.3 is 0 Å². The van der Waals surface area contributed by atoms with E-state index in [1.807, 2.05) is 0 Å². The summed E-state index contributed by atoms with van der Waals surface area (Å²) in [5.41, 5.74) is 5.69. The first kappa shape index (κ1) is 9.92. The van der Waals surface area contributed by atoms with Gasteiger partial charge in [0.1, 0.15) is 0 Å². The lowest BCUT2D eigenvalue weighted by Crippen LogP contribution is -2.20. The average molecular weight is 144 g/mol. The van der Waals surface area contributed by atoms with Gasteiger partial charge in [0.15, 0.2) is 0 Å². The molecule has 1 radical (unpaired) electrons. The summed E-state index contributed by atoms with van der Waals surface area (Å²) in [5.74, 6) is 0. The van der Waals surface area contributed by atoms with Gasteiger partial charge < -0.3 is 5.73 Å². The molecule has 0 aromatic rings. The van der Waals surface area contributed by atoms with Crippen LogP contribution >= 0.6 is 0 Å². The molecule has 0 aliphatic carbocycles. The van der Waals surface area contributed by atoms with Gasteiger partial charge in [-0.25, -0.2) is 5.11 Å². The second kappa shape index (κ2) is 5.69. The molecule has 61 valence electrons. The Kier molecular flexibility index (Phi) is 5.64. The van der Waals surface area contributed by atoms with Crippen molar-refractivity contribution in [3.63, 3.8) is 0 Å². The maximum absolute atomic E-state index is 10.6. The molecular weight excluding hydrogens is 126 g/mol. The summed E-state index contributed by atoms with van der Waals surface area (Å²) in [5, 5.41) is 10.6. The van der Waals surface area contributed by atoms with Gasteiger partial charge in [-0.05, 0) is 26.2 Å². The van der Waals surface area contributed by atoms with Gasteiger partial charge in [-0.3, -0.25) is 0 Å². The van der Waals surface area contributed by atoms with E-state index in [9.17, 15) is 5.11 Å². The van der Waals surface area contributed by atoms with Gasteiger partial charge in [0.25, 0.3) is 0 Å². The maximum Gasteiger partial charge on any atom is 0.0902 e. The Balaban J connectivity index is 3.12. The normalized spacial score (nSPS) is 16.8. The standard InChI is InChI=1S/C8H18NO/c1-3-4-8(9)6-5-7(2)10/h7-8H,3-6,9H2,1-2H3. The van der Waals surface area contributed by atoms with Crippen molar-refractivity contribution >= 4 is 0 Å². The van der Waals surface area contributed by atoms with Crippen LogP contribution in [0.15, 0.2) is 0 Å². The number of rotatable bonds is 5. The minimum absolute atomic E-state index is 0.251. The average Bonchev–Trinajstić information content (AvgIpc) is 1.85. The van der Waals surface area contributed by atoms with Crippen LogP contribution < -0.4 is 5.73 Å². The summed E-state index contributed by atoms with van der Waals surface area (Å²) in [6.45, 7) is 3.80. The van der Waals surface area contributed by atoms with Crippen molar-refractivity contribution in [1.82, 2.24) is 0 Å². The van der Waals surface area contributed by atoms with E-state index in [2.05, 4.69) is 6.92 Å². The van der Waals surface area contributed by atoms with E-state index in [1.165, 1.54) is 0 Å². The zero-order valence-corrected chi connectivity index (χ0v) is 6.97. The van der Waals surface area contributed by atoms with Gasteiger partial charge in [-0.15, -0.1) is 0 Å². The third-order valence-electron chi connectivity index (χ3n) is 1.60. The van der Waals surface area contributed by atoms with Crippen LogP contribution in [0.5, 0.6) is 0 Å². The first-order valence-corrected chi connectivity index (χ1v) is 4.08. The van der Waals surface area contributed by atoms with Crippen LogP contribution in [-0.2, 0) is 5.11 Å². The highest BCUT2D eigenvalue weighted by atomic mass is 16.3. The summed E-state index contributed by atoms with van der Waals surface area (Å²) in [7, 11) is 0. The lowest BCUT2D eigenvalue weighted by atomic mass is 10.1. The van der Waals surface area contributed by atoms with Crippen LogP contribution in [0.2, 0.25) is 0 Å². The predicted octanol–water partition coefficient (Wildman–Crippen LogP) is 1.71. The molecule has 0 bridgehead atoms. The first-order chi connectivity index (χ1) is 4.66. The van der Waals surface area contributed by atoms with E-state index < -0.39 is 6.10 Å². The van der Waals surface area contributed by atoms with Crippen LogP contribution in [0.3, 0.4) is 0 Å². The van der Waals surface area contributed by atoms with E-state index in [-0.39, 0.29) is 6.04 Å². The molecule has 0 amide bonds. The highest BCUT2D eigenvalue weighted by Gasteiger charge is 2.03. The summed E-state index contributed by atoms with van der Waals surface area (Å²) in [6.07, 6.45) is 3.34. The topological polar surface area (TPSA) is 45.9 Å². The van der Waals surface area contributed by atoms with Crippen molar-refractivity contribution < 1.29 is 5.11 Å². The molecule has 2 N–H and O–H groups in total. The highest BCUT2D eigenvalue weighted by Crippen LogP contribution is 2.04. The van der Waals surface area contributed by atoms with Crippen molar-refractivity contribution in [3.05, 3.63) is 0 Å². The fourth-order valence-corrected chi connectivity index (χ4v) is 0.964. The smallest absolute Gasteiger partial charge is 0.0902 e. The zero-order chi connectivity index (χ0) is 7.98. The van der Waals surface area contributed by atoms with E-state index in [1.54, 1.807) is 6.92 Å². The highest BCUT2D eigenvalue weighted by molar-refractivity contribution is 4.61. The summed E-state index contributed by atoms with van der Waals surface area (Å²) < 4.78 is 0. The number of hydrogen-bond donors (Lipinski definition) is 1. The van der Waals surface area contributed by atoms with Crippen LogP contribution in [0.1, 0.15) is 39.5 Å². The molecule has 0 aliphatic rings. The maximum atomic E-state index is 10.6.